The summed E-state index contributed by atoms with van der Waals surface area (Å²) in [6.07, 6.45) is 0. The third kappa shape index (κ3) is 3.67. The SMILES string of the molecule is O=[N+]([O-])c1cccc(NCc2cc([N+](=O)[O-])ccc2Cl)c1. The molecule has 0 amide bonds. The number of halogens is 1. The lowest BCUT2D eigenvalue weighted by Crippen LogP contribution is -2.01. The molecule has 8 heteroatoms. The Kier molecular flexibility index (Phi) is 4.34. The molecule has 0 aromatic heterocycles. The van der Waals surface area contributed by atoms with Crippen LogP contribution < -0.4 is 5.32 Å². The molecule has 0 unspecified atom stereocenters. The number of nitrogens with zero attached hydrogens (tertiary/aromatic N) is 2. The Morgan fingerprint density at radius 3 is 2.33 bits per heavy atom. The molecule has 7 nitrogen and oxygen atoms in total. The summed E-state index contributed by atoms with van der Waals surface area (Å²) >= 11 is 5.98. The molecule has 0 atom stereocenters. The van der Waals surface area contributed by atoms with Gasteiger partial charge in [-0.2, -0.15) is 0 Å². The average molecular weight is 308 g/mol. The van der Waals surface area contributed by atoms with Crippen molar-refractivity contribution in [2.24, 2.45) is 0 Å². The van der Waals surface area contributed by atoms with Gasteiger partial charge in [0.15, 0.2) is 0 Å². The van der Waals surface area contributed by atoms with Crippen LogP contribution in [0.3, 0.4) is 0 Å². The first kappa shape index (κ1) is 14.7. The van der Waals surface area contributed by atoms with E-state index >= 15 is 0 Å². The summed E-state index contributed by atoms with van der Waals surface area (Å²) in [5.41, 5.74) is 0.976. The molecule has 0 radical (unpaired) electrons. The van der Waals surface area contributed by atoms with Crippen LogP contribution in [0.2, 0.25) is 5.02 Å². The zero-order chi connectivity index (χ0) is 15.4. The highest BCUT2D eigenvalue weighted by atomic mass is 35.5. The quantitative estimate of drug-likeness (QED) is 0.669. The molecule has 0 heterocycles. The predicted octanol–water partition coefficient (Wildman–Crippen LogP) is 3.77. The van der Waals surface area contributed by atoms with Crippen molar-refractivity contribution in [2.45, 2.75) is 6.54 Å². The van der Waals surface area contributed by atoms with Gasteiger partial charge in [0, 0.05) is 41.5 Å². The van der Waals surface area contributed by atoms with Crippen LogP contribution in [0.15, 0.2) is 42.5 Å². The minimum Gasteiger partial charge on any atom is -0.381 e. The second-order valence-corrected chi connectivity index (χ2v) is 4.60. The van der Waals surface area contributed by atoms with Crippen LogP contribution in [0.5, 0.6) is 0 Å². The van der Waals surface area contributed by atoms with Crippen molar-refractivity contribution in [3.8, 4) is 0 Å². The van der Waals surface area contributed by atoms with Gasteiger partial charge in [0.1, 0.15) is 0 Å². The fourth-order valence-corrected chi connectivity index (χ4v) is 1.92. The minimum atomic E-state index is -0.507. The Morgan fingerprint density at radius 1 is 1.00 bits per heavy atom. The van der Waals surface area contributed by atoms with Crippen molar-refractivity contribution >= 4 is 28.7 Å². The number of hydrogen-bond acceptors (Lipinski definition) is 5. The highest BCUT2D eigenvalue weighted by molar-refractivity contribution is 6.31. The summed E-state index contributed by atoms with van der Waals surface area (Å²) in [5, 5.41) is 24.7. The van der Waals surface area contributed by atoms with E-state index in [1.165, 1.54) is 30.3 Å². The van der Waals surface area contributed by atoms with Gasteiger partial charge in [-0.1, -0.05) is 17.7 Å². The molecule has 0 aliphatic carbocycles. The van der Waals surface area contributed by atoms with E-state index in [1.807, 2.05) is 0 Å². The van der Waals surface area contributed by atoms with E-state index < -0.39 is 9.85 Å². The number of hydrogen-bond donors (Lipinski definition) is 1. The summed E-state index contributed by atoms with van der Waals surface area (Å²) in [6, 6.07) is 10.1. The van der Waals surface area contributed by atoms with Gasteiger partial charge in [0.2, 0.25) is 0 Å². The van der Waals surface area contributed by atoms with E-state index in [0.717, 1.165) is 0 Å². The molecule has 2 aromatic carbocycles. The van der Waals surface area contributed by atoms with Crippen LogP contribution in [0.4, 0.5) is 17.1 Å². The van der Waals surface area contributed by atoms with Crippen LogP contribution in [-0.2, 0) is 6.54 Å². The maximum atomic E-state index is 10.7. The van der Waals surface area contributed by atoms with Crippen molar-refractivity contribution < 1.29 is 9.85 Å². The number of nitro benzene ring substituents is 2. The second-order valence-electron chi connectivity index (χ2n) is 4.19. The molecule has 1 N–H and O–H groups in total. The first-order valence-corrected chi connectivity index (χ1v) is 6.26. The Labute approximate surface area is 124 Å². The van der Waals surface area contributed by atoms with Crippen molar-refractivity contribution in [1.82, 2.24) is 0 Å². The van der Waals surface area contributed by atoms with Crippen molar-refractivity contribution in [3.05, 3.63) is 73.3 Å². The first-order chi connectivity index (χ1) is 9.97. The number of rotatable bonds is 5. The summed E-state index contributed by atoms with van der Waals surface area (Å²) in [5.74, 6) is 0. The van der Waals surface area contributed by atoms with Gasteiger partial charge in [-0.15, -0.1) is 0 Å². The van der Waals surface area contributed by atoms with E-state index in [2.05, 4.69) is 5.32 Å². The lowest BCUT2D eigenvalue weighted by atomic mass is 10.2. The van der Waals surface area contributed by atoms with Gasteiger partial charge in [-0.3, -0.25) is 20.2 Å². The number of non-ortho nitro benzene ring substituents is 2. The van der Waals surface area contributed by atoms with Gasteiger partial charge in [0.05, 0.1) is 9.85 Å². The number of nitro groups is 2. The lowest BCUT2D eigenvalue weighted by Gasteiger charge is -2.08. The Hall–Kier alpha value is -2.67. The van der Waals surface area contributed by atoms with Crippen molar-refractivity contribution in [3.63, 3.8) is 0 Å². The summed E-state index contributed by atoms with van der Waals surface area (Å²) in [7, 11) is 0. The lowest BCUT2D eigenvalue weighted by molar-refractivity contribution is -0.385. The molecule has 2 rings (SSSR count). The molecular weight excluding hydrogens is 298 g/mol. The minimum absolute atomic E-state index is 0.0369. The molecule has 21 heavy (non-hydrogen) atoms. The monoisotopic (exact) mass is 307 g/mol. The zero-order valence-corrected chi connectivity index (χ0v) is 11.4. The standard InChI is InChI=1S/C13H10ClN3O4/c14-13-5-4-12(17(20)21)6-9(13)8-15-10-2-1-3-11(7-10)16(18)19/h1-7,15H,8H2. The van der Waals surface area contributed by atoms with E-state index in [9.17, 15) is 20.2 Å². The van der Waals surface area contributed by atoms with Crippen molar-refractivity contribution in [1.29, 1.82) is 0 Å². The molecule has 2 aromatic rings. The first-order valence-electron chi connectivity index (χ1n) is 5.88. The van der Waals surface area contributed by atoms with Crippen molar-refractivity contribution in [2.75, 3.05) is 5.32 Å². The number of nitrogens with one attached hydrogen (secondary N) is 1. The van der Waals surface area contributed by atoms with Crippen LogP contribution in [0.1, 0.15) is 5.56 Å². The van der Waals surface area contributed by atoms with Gasteiger partial charge in [0.25, 0.3) is 11.4 Å². The van der Waals surface area contributed by atoms with Gasteiger partial charge in [-0.25, -0.2) is 0 Å². The molecule has 108 valence electrons. The van der Waals surface area contributed by atoms with E-state index in [-0.39, 0.29) is 17.9 Å². The summed E-state index contributed by atoms with van der Waals surface area (Å²) in [4.78, 5) is 20.4. The maximum absolute atomic E-state index is 10.7. The fourth-order valence-electron chi connectivity index (χ4n) is 1.74. The topological polar surface area (TPSA) is 98.3 Å². The van der Waals surface area contributed by atoms with Gasteiger partial charge in [-0.05, 0) is 17.7 Å². The number of benzene rings is 2. The van der Waals surface area contributed by atoms with Crippen LogP contribution in [-0.4, -0.2) is 9.85 Å². The van der Waals surface area contributed by atoms with Gasteiger partial charge < -0.3 is 5.32 Å². The van der Waals surface area contributed by atoms with Crippen LogP contribution in [0, 0.1) is 20.2 Å². The third-order valence-corrected chi connectivity index (χ3v) is 3.15. The second kappa shape index (κ2) is 6.19. The normalized spacial score (nSPS) is 10.1. The fraction of sp³-hybridized carbons (Fsp3) is 0.0769. The Morgan fingerprint density at radius 2 is 1.67 bits per heavy atom. The molecule has 0 fully saturated rings. The molecular formula is C13H10ClN3O4. The third-order valence-electron chi connectivity index (χ3n) is 2.78. The predicted molar refractivity (Wildman–Crippen MR) is 78.5 cm³/mol. The maximum Gasteiger partial charge on any atom is 0.271 e. The molecule has 0 aliphatic rings. The van der Waals surface area contributed by atoms with E-state index in [4.69, 9.17) is 11.6 Å². The average Bonchev–Trinajstić information content (AvgIpc) is 2.46. The smallest absolute Gasteiger partial charge is 0.271 e. The van der Waals surface area contributed by atoms with E-state index in [0.29, 0.717) is 16.3 Å². The highest BCUT2D eigenvalue weighted by Crippen LogP contribution is 2.24. The summed E-state index contributed by atoms with van der Waals surface area (Å²) < 4.78 is 0. The van der Waals surface area contributed by atoms with Crippen LogP contribution in [0.25, 0.3) is 0 Å². The molecule has 0 spiro atoms. The zero-order valence-electron chi connectivity index (χ0n) is 10.7. The largest absolute Gasteiger partial charge is 0.381 e. The van der Waals surface area contributed by atoms with Crippen LogP contribution >= 0.6 is 11.6 Å². The Balaban J connectivity index is 2.16. The molecule has 0 saturated heterocycles. The highest BCUT2D eigenvalue weighted by Gasteiger charge is 2.10. The molecule has 0 saturated carbocycles. The van der Waals surface area contributed by atoms with E-state index in [1.54, 1.807) is 12.1 Å². The number of anilines is 1. The van der Waals surface area contributed by atoms with Gasteiger partial charge >= 0.3 is 0 Å². The molecule has 0 bridgehead atoms. The summed E-state index contributed by atoms with van der Waals surface area (Å²) in [6.45, 7) is 0.224. The molecule has 0 aliphatic heterocycles. The Bertz CT molecular complexity index is 706.